The van der Waals surface area contributed by atoms with E-state index in [2.05, 4.69) is 15.2 Å². The summed E-state index contributed by atoms with van der Waals surface area (Å²) < 4.78 is 43.2. The van der Waals surface area contributed by atoms with Crippen LogP contribution in [0.3, 0.4) is 0 Å². The van der Waals surface area contributed by atoms with Crippen molar-refractivity contribution in [3.63, 3.8) is 0 Å². The molecule has 2 atom stereocenters. The molecule has 0 radical (unpaired) electrons. The molecule has 0 fully saturated rings. The molecule has 33 heavy (non-hydrogen) atoms. The lowest BCUT2D eigenvalue weighted by molar-refractivity contribution is 0.553. The predicted octanol–water partition coefficient (Wildman–Crippen LogP) is 6.55. The van der Waals surface area contributed by atoms with Crippen molar-refractivity contribution >= 4 is 62.1 Å². The number of rotatable bonds is 6. The third-order valence-corrected chi connectivity index (χ3v) is 7.60. The molecule has 0 aromatic heterocycles. The molecule has 1 aliphatic rings. The van der Waals surface area contributed by atoms with Crippen LogP contribution in [0.15, 0.2) is 70.7 Å². The molecule has 0 amide bonds. The quantitative estimate of drug-likeness (QED) is 0.368. The van der Waals surface area contributed by atoms with Gasteiger partial charge in [-0.05, 0) is 53.6 Å². The van der Waals surface area contributed by atoms with Crippen LogP contribution in [-0.2, 0) is 10.0 Å². The summed E-state index contributed by atoms with van der Waals surface area (Å²) >= 11 is 24.3. The minimum atomic E-state index is -4.34. The van der Waals surface area contributed by atoms with Crippen molar-refractivity contribution in [1.82, 2.24) is 10.1 Å². The van der Waals surface area contributed by atoms with E-state index in [1.807, 2.05) is 12.1 Å². The molecule has 1 heterocycles. The van der Waals surface area contributed by atoms with Crippen LogP contribution in [-0.4, -0.2) is 14.1 Å². The topological polar surface area (TPSA) is 70.6 Å². The van der Waals surface area contributed by atoms with E-state index in [-0.39, 0.29) is 16.1 Å². The molecule has 1 aliphatic heterocycles. The molecule has 4 rings (SSSR count). The number of sulfonamides is 1. The number of hydrogen-bond donors (Lipinski definition) is 2. The lowest BCUT2D eigenvalue weighted by Gasteiger charge is -2.21. The Bertz CT molecular complexity index is 1330. The fraction of sp³-hybridized carbons (Fsp3) is 0.136. The highest BCUT2D eigenvalue weighted by Gasteiger charge is 2.33. The minimum absolute atomic E-state index is 0.0838. The summed E-state index contributed by atoms with van der Waals surface area (Å²) in [6.07, 6.45) is 0.367. The van der Waals surface area contributed by atoms with Gasteiger partial charge in [-0.3, -0.25) is 0 Å². The maximum Gasteiger partial charge on any atom is 0.244 e. The Hall–Kier alpha value is -1.87. The molecule has 3 aromatic rings. The third-order valence-electron chi connectivity index (χ3n) is 5.11. The molecule has 11 heteroatoms. The molecule has 3 aromatic carbocycles. The molecular weight excluding hydrogens is 531 g/mol. The number of nitrogens with zero attached hydrogens (tertiary/aromatic N) is 1. The van der Waals surface area contributed by atoms with Crippen molar-refractivity contribution < 1.29 is 12.8 Å². The molecule has 2 N–H and O–H groups in total. The molecule has 0 bridgehead atoms. The smallest absolute Gasteiger partial charge is 0.244 e. The van der Waals surface area contributed by atoms with Crippen LogP contribution in [0.4, 0.5) is 4.39 Å². The molecule has 0 aliphatic carbocycles. The van der Waals surface area contributed by atoms with E-state index in [4.69, 9.17) is 46.4 Å². The minimum Gasteiger partial charge on any atom is -0.302 e. The summed E-state index contributed by atoms with van der Waals surface area (Å²) in [4.78, 5) is -0.578. The normalized spacial score (nSPS) is 16.9. The third kappa shape index (κ3) is 5.45. The zero-order valence-electron chi connectivity index (χ0n) is 16.7. The second kappa shape index (κ2) is 9.78. The Labute approximate surface area is 210 Å². The summed E-state index contributed by atoms with van der Waals surface area (Å²) in [6, 6.07) is 14.0. The van der Waals surface area contributed by atoms with Crippen LogP contribution in [0.1, 0.15) is 29.6 Å². The maximum atomic E-state index is 14.4. The van der Waals surface area contributed by atoms with E-state index in [1.165, 1.54) is 12.1 Å². The average molecular weight is 547 g/mol. The van der Waals surface area contributed by atoms with Gasteiger partial charge in [0.15, 0.2) is 0 Å². The van der Waals surface area contributed by atoms with E-state index in [0.717, 1.165) is 17.7 Å². The van der Waals surface area contributed by atoms with Crippen LogP contribution < -0.4 is 10.1 Å². The molecular formula is C22H16Cl4FN3O2S. The van der Waals surface area contributed by atoms with Gasteiger partial charge in [0, 0.05) is 26.5 Å². The van der Waals surface area contributed by atoms with Gasteiger partial charge in [0.25, 0.3) is 0 Å². The monoisotopic (exact) mass is 545 g/mol. The van der Waals surface area contributed by atoms with Gasteiger partial charge in [0.2, 0.25) is 10.0 Å². The van der Waals surface area contributed by atoms with Crippen molar-refractivity contribution in [2.75, 3.05) is 0 Å². The Balaban J connectivity index is 1.70. The highest BCUT2D eigenvalue weighted by Crippen LogP contribution is 2.34. The van der Waals surface area contributed by atoms with E-state index in [0.29, 0.717) is 27.7 Å². The lowest BCUT2D eigenvalue weighted by atomic mass is 9.96. The summed E-state index contributed by atoms with van der Waals surface area (Å²) in [6.45, 7) is 0. The van der Waals surface area contributed by atoms with Crippen LogP contribution in [0.25, 0.3) is 0 Å². The number of benzene rings is 3. The Morgan fingerprint density at radius 2 is 1.58 bits per heavy atom. The Morgan fingerprint density at radius 1 is 0.939 bits per heavy atom. The first kappa shape index (κ1) is 24.3. The summed E-state index contributed by atoms with van der Waals surface area (Å²) in [5, 5.41) is 5.67. The zero-order chi connectivity index (χ0) is 23.8. The van der Waals surface area contributed by atoms with E-state index < -0.39 is 26.8 Å². The standard InChI is InChI=1S/C22H16Cl4FN3O2S/c23-13-3-1-12(2-4-13)19-11-20(29-28-19)22(16-7-5-14(24)9-17(16)26)30-33(31,32)21-10-15(25)6-8-18(21)27/h1-10,19,22,28,30H,11H2/t19?,22-/m0/s1. The highest BCUT2D eigenvalue weighted by atomic mass is 35.5. The lowest BCUT2D eigenvalue weighted by Crippen LogP contribution is -2.34. The first-order chi connectivity index (χ1) is 15.6. The highest BCUT2D eigenvalue weighted by molar-refractivity contribution is 7.89. The second-order valence-electron chi connectivity index (χ2n) is 7.34. The van der Waals surface area contributed by atoms with Crippen molar-refractivity contribution in [2.24, 2.45) is 5.10 Å². The van der Waals surface area contributed by atoms with Gasteiger partial charge in [-0.25, -0.2) is 12.8 Å². The molecule has 0 spiro atoms. The molecule has 172 valence electrons. The van der Waals surface area contributed by atoms with Gasteiger partial charge in [-0.15, -0.1) is 0 Å². The van der Waals surface area contributed by atoms with Crippen molar-refractivity contribution in [3.05, 3.63) is 97.7 Å². The first-order valence-electron chi connectivity index (χ1n) is 9.64. The van der Waals surface area contributed by atoms with Crippen molar-refractivity contribution in [3.8, 4) is 0 Å². The van der Waals surface area contributed by atoms with Crippen LogP contribution in [0.5, 0.6) is 0 Å². The maximum absolute atomic E-state index is 14.4. The average Bonchev–Trinajstić information content (AvgIpc) is 3.25. The number of nitrogens with one attached hydrogen (secondary N) is 2. The van der Waals surface area contributed by atoms with Crippen LogP contribution in [0, 0.1) is 5.82 Å². The zero-order valence-corrected chi connectivity index (χ0v) is 20.5. The Morgan fingerprint density at radius 3 is 2.27 bits per heavy atom. The number of halogens is 5. The van der Waals surface area contributed by atoms with E-state index in [1.54, 1.807) is 24.3 Å². The number of hydrazone groups is 1. The number of hydrogen-bond acceptors (Lipinski definition) is 4. The van der Waals surface area contributed by atoms with E-state index in [9.17, 15) is 12.8 Å². The molecule has 1 unspecified atom stereocenters. The summed E-state index contributed by atoms with van der Waals surface area (Å²) in [5.74, 6) is -0.932. The fourth-order valence-corrected chi connectivity index (χ4v) is 5.67. The van der Waals surface area contributed by atoms with Gasteiger partial charge in [0.1, 0.15) is 10.7 Å². The summed E-state index contributed by atoms with van der Waals surface area (Å²) in [5.41, 5.74) is 4.82. The van der Waals surface area contributed by atoms with Gasteiger partial charge in [-0.1, -0.05) is 64.6 Å². The van der Waals surface area contributed by atoms with Gasteiger partial charge in [-0.2, -0.15) is 9.82 Å². The van der Waals surface area contributed by atoms with Crippen molar-refractivity contribution in [2.45, 2.75) is 23.4 Å². The van der Waals surface area contributed by atoms with Gasteiger partial charge < -0.3 is 5.43 Å². The SMILES string of the molecule is O=S(=O)(N[C@H](C1=NNC(c2ccc(Cl)cc2)C1)c1ccc(Cl)cc1Cl)c1cc(Cl)ccc1F. The van der Waals surface area contributed by atoms with Gasteiger partial charge in [0.05, 0.1) is 17.8 Å². The molecule has 0 saturated heterocycles. The molecule has 0 saturated carbocycles. The predicted molar refractivity (Wildman–Crippen MR) is 130 cm³/mol. The second-order valence-corrected chi connectivity index (χ2v) is 10.7. The van der Waals surface area contributed by atoms with Crippen LogP contribution >= 0.6 is 46.4 Å². The summed E-state index contributed by atoms with van der Waals surface area (Å²) in [7, 11) is -4.34. The van der Waals surface area contributed by atoms with Crippen molar-refractivity contribution in [1.29, 1.82) is 0 Å². The fourth-order valence-electron chi connectivity index (χ4n) is 3.48. The molecule has 5 nitrogen and oxygen atoms in total. The Kier molecular flexibility index (Phi) is 7.19. The van der Waals surface area contributed by atoms with Crippen LogP contribution in [0.2, 0.25) is 20.1 Å². The largest absolute Gasteiger partial charge is 0.302 e. The first-order valence-corrected chi connectivity index (χ1v) is 12.6. The van der Waals surface area contributed by atoms with E-state index >= 15 is 0 Å². The van der Waals surface area contributed by atoms with Gasteiger partial charge >= 0.3 is 0 Å².